The summed E-state index contributed by atoms with van der Waals surface area (Å²) < 4.78 is 0. The number of amides is 2. The van der Waals surface area contributed by atoms with Crippen molar-refractivity contribution in [3.05, 3.63) is 29.3 Å². The van der Waals surface area contributed by atoms with Gasteiger partial charge in [-0.25, -0.2) is 0 Å². The van der Waals surface area contributed by atoms with E-state index in [2.05, 4.69) is 10.6 Å². The number of likely N-dealkylation sites (N-methyl/N-ethyl adjacent to an activating group) is 1. The number of rotatable bonds is 4. The Kier molecular flexibility index (Phi) is 4.27. The maximum atomic E-state index is 12.3. The van der Waals surface area contributed by atoms with E-state index in [0.29, 0.717) is 5.56 Å². The number of nitrogens with zero attached hydrogens (tertiary/aromatic N) is 1. The molecule has 0 saturated heterocycles. The third kappa shape index (κ3) is 3.29. The monoisotopic (exact) mass is 275 g/mol. The van der Waals surface area contributed by atoms with Crippen LogP contribution < -0.4 is 10.6 Å². The molecule has 0 radical (unpaired) electrons. The molecule has 0 unspecified atom stereocenters. The van der Waals surface area contributed by atoms with E-state index in [1.807, 2.05) is 26.0 Å². The van der Waals surface area contributed by atoms with Gasteiger partial charge in [0.2, 0.25) is 5.91 Å². The summed E-state index contributed by atoms with van der Waals surface area (Å²) in [6.07, 6.45) is 0.938. The van der Waals surface area contributed by atoms with Crippen LogP contribution in [-0.2, 0) is 11.2 Å². The SMILES string of the molecule is CC(C)NC(=O)CN(C)C(=O)c1ccc2c(c1)CCN2. The van der Waals surface area contributed by atoms with E-state index in [-0.39, 0.29) is 24.4 Å². The van der Waals surface area contributed by atoms with Crippen LogP contribution in [-0.4, -0.2) is 42.9 Å². The minimum Gasteiger partial charge on any atom is -0.384 e. The molecule has 0 bridgehead atoms. The molecular formula is C15H21N3O2. The van der Waals surface area contributed by atoms with Gasteiger partial charge in [0, 0.05) is 30.9 Å². The first-order valence-electron chi connectivity index (χ1n) is 6.89. The van der Waals surface area contributed by atoms with Crippen LogP contribution in [0.3, 0.4) is 0 Å². The topological polar surface area (TPSA) is 61.4 Å². The first kappa shape index (κ1) is 14.4. The molecule has 5 heteroatoms. The van der Waals surface area contributed by atoms with Gasteiger partial charge in [-0.05, 0) is 44.0 Å². The van der Waals surface area contributed by atoms with Crippen molar-refractivity contribution in [2.45, 2.75) is 26.3 Å². The summed E-state index contributed by atoms with van der Waals surface area (Å²) in [5.41, 5.74) is 2.89. The molecule has 108 valence electrons. The van der Waals surface area contributed by atoms with Crippen LogP contribution >= 0.6 is 0 Å². The molecular weight excluding hydrogens is 254 g/mol. The summed E-state index contributed by atoms with van der Waals surface area (Å²) in [5, 5.41) is 6.04. The van der Waals surface area contributed by atoms with Crippen LogP contribution in [0.25, 0.3) is 0 Å². The Morgan fingerprint density at radius 1 is 1.40 bits per heavy atom. The highest BCUT2D eigenvalue weighted by Crippen LogP contribution is 2.23. The van der Waals surface area contributed by atoms with Gasteiger partial charge in [-0.2, -0.15) is 0 Å². The molecule has 2 amide bonds. The second kappa shape index (κ2) is 5.94. The first-order valence-corrected chi connectivity index (χ1v) is 6.89. The molecule has 2 N–H and O–H groups in total. The average Bonchev–Trinajstić information content (AvgIpc) is 2.83. The van der Waals surface area contributed by atoms with Gasteiger partial charge in [0.15, 0.2) is 0 Å². The van der Waals surface area contributed by atoms with Crippen LogP contribution in [0.4, 0.5) is 5.69 Å². The zero-order chi connectivity index (χ0) is 14.7. The quantitative estimate of drug-likeness (QED) is 0.869. The number of anilines is 1. The van der Waals surface area contributed by atoms with Crippen molar-refractivity contribution < 1.29 is 9.59 Å². The Morgan fingerprint density at radius 2 is 2.15 bits per heavy atom. The molecule has 0 aliphatic carbocycles. The highest BCUT2D eigenvalue weighted by Gasteiger charge is 2.18. The van der Waals surface area contributed by atoms with Crippen molar-refractivity contribution in [1.82, 2.24) is 10.2 Å². The zero-order valence-corrected chi connectivity index (χ0v) is 12.2. The fourth-order valence-electron chi connectivity index (χ4n) is 2.31. The van der Waals surface area contributed by atoms with Gasteiger partial charge in [-0.3, -0.25) is 9.59 Å². The normalized spacial score (nSPS) is 12.8. The van der Waals surface area contributed by atoms with Gasteiger partial charge in [0.25, 0.3) is 5.91 Å². The van der Waals surface area contributed by atoms with Gasteiger partial charge in [0.05, 0.1) is 6.54 Å². The average molecular weight is 275 g/mol. The van der Waals surface area contributed by atoms with Crippen molar-refractivity contribution >= 4 is 17.5 Å². The van der Waals surface area contributed by atoms with Crippen LogP contribution in [0, 0.1) is 0 Å². The van der Waals surface area contributed by atoms with Gasteiger partial charge >= 0.3 is 0 Å². The Hall–Kier alpha value is -2.04. The third-order valence-electron chi connectivity index (χ3n) is 3.24. The number of hydrogen-bond acceptors (Lipinski definition) is 3. The Balaban J connectivity index is 2.01. The minimum absolute atomic E-state index is 0.0757. The smallest absolute Gasteiger partial charge is 0.254 e. The molecule has 1 aromatic rings. The second-order valence-corrected chi connectivity index (χ2v) is 5.43. The Bertz CT molecular complexity index is 526. The highest BCUT2D eigenvalue weighted by molar-refractivity contribution is 5.97. The van der Waals surface area contributed by atoms with Gasteiger partial charge in [-0.15, -0.1) is 0 Å². The zero-order valence-electron chi connectivity index (χ0n) is 12.2. The van der Waals surface area contributed by atoms with Crippen LogP contribution in [0.2, 0.25) is 0 Å². The van der Waals surface area contributed by atoms with E-state index < -0.39 is 0 Å². The molecule has 2 rings (SSSR count). The van der Waals surface area contributed by atoms with E-state index in [1.165, 1.54) is 4.90 Å². The lowest BCUT2D eigenvalue weighted by Crippen LogP contribution is -2.40. The molecule has 1 aromatic carbocycles. The molecule has 20 heavy (non-hydrogen) atoms. The molecule has 0 aromatic heterocycles. The number of nitrogens with one attached hydrogen (secondary N) is 2. The van der Waals surface area contributed by atoms with E-state index in [4.69, 9.17) is 0 Å². The van der Waals surface area contributed by atoms with Crippen LogP contribution in [0.1, 0.15) is 29.8 Å². The van der Waals surface area contributed by atoms with E-state index in [9.17, 15) is 9.59 Å². The molecule has 0 fully saturated rings. The summed E-state index contributed by atoms with van der Waals surface area (Å²) in [6.45, 7) is 4.78. The molecule has 5 nitrogen and oxygen atoms in total. The van der Waals surface area contributed by atoms with Crippen molar-refractivity contribution in [2.24, 2.45) is 0 Å². The van der Waals surface area contributed by atoms with Crippen LogP contribution in [0.5, 0.6) is 0 Å². The number of carbonyl (C=O) groups is 2. The number of benzene rings is 1. The van der Waals surface area contributed by atoms with Gasteiger partial charge in [-0.1, -0.05) is 0 Å². The predicted octanol–water partition coefficient (Wildman–Crippen LogP) is 1.25. The maximum absolute atomic E-state index is 12.3. The van der Waals surface area contributed by atoms with Crippen molar-refractivity contribution in [1.29, 1.82) is 0 Å². The summed E-state index contributed by atoms with van der Waals surface area (Å²) in [4.78, 5) is 25.4. The van der Waals surface area contributed by atoms with Gasteiger partial charge in [0.1, 0.15) is 0 Å². The van der Waals surface area contributed by atoms with E-state index in [0.717, 1.165) is 24.2 Å². The molecule has 0 saturated carbocycles. The second-order valence-electron chi connectivity index (χ2n) is 5.43. The molecule has 1 aliphatic heterocycles. The first-order chi connectivity index (χ1) is 9.47. The Morgan fingerprint density at radius 3 is 2.85 bits per heavy atom. The molecule has 0 atom stereocenters. The fraction of sp³-hybridized carbons (Fsp3) is 0.467. The molecule has 1 heterocycles. The summed E-state index contributed by atoms with van der Waals surface area (Å²) in [5.74, 6) is -0.266. The maximum Gasteiger partial charge on any atom is 0.254 e. The minimum atomic E-state index is -0.140. The summed E-state index contributed by atoms with van der Waals surface area (Å²) in [6, 6.07) is 5.72. The fourth-order valence-corrected chi connectivity index (χ4v) is 2.31. The molecule has 0 spiro atoms. The standard InChI is InChI=1S/C15H21N3O2/c1-10(2)17-14(19)9-18(3)15(20)12-4-5-13-11(8-12)6-7-16-13/h4-5,8,10,16H,6-7,9H2,1-3H3,(H,17,19). The Labute approximate surface area is 119 Å². The predicted molar refractivity (Wildman–Crippen MR) is 78.9 cm³/mol. The van der Waals surface area contributed by atoms with E-state index in [1.54, 1.807) is 13.1 Å². The van der Waals surface area contributed by atoms with Gasteiger partial charge < -0.3 is 15.5 Å². The van der Waals surface area contributed by atoms with Crippen molar-refractivity contribution in [3.63, 3.8) is 0 Å². The number of carbonyl (C=O) groups excluding carboxylic acids is 2. The lowest BCUT2D eigenvalue weighted by molar-refractivity contribution is -0.122. The number of fused-ring (bicyclic) bond motifs is 1. The highest BCUT2D eigenvalue weighted by atomic mass is 16.2. The molecule has 1 aliphatic rings. The van der Waals surface area contributed by atoms with E-state index >= 15 is 0 Å². The summed E-state index contributed by atoms with van der Waals surface area (Å²) >= 11 is 0. The van der Waals surface area contributed by atoms with Crippen molar-refractivity contribution in [3.8, 4) is 0 Å². The lowest BCUT2D eigenvalue weighted by Gasteiger charge is -2.18. The van der Waals surface area contributed by atoms with Crippen molar-refractivity contribution in [2.75, 3.05) is 25.5 Å². The van der Waals surface area contributed by atoms with Crippen LogP contribution in [0.15, 0.2) is 18.2 Å². The lowest BCUT2D eigenvalue weighted by atomic mass is 10.1. The third-order valence-corrected chi connectivity index (χ3v) is 3.24. The summed E-state index contributed by atoms with van der Waals surface area (Å²) in [7, 11) is 1.65. The number of hydrogen-bond donors (Lipinski definition) is 2. The largest absolute Gasteiger partial charge is 0.384 e.